The number of nitrogens with two attached hydrogens (primary N) is 1. The molecule has 1 aromatic carbocycles. The number of aromatic nitrogens is 2. The molecule has 1 heterocycles. The molecule has 0 radical (unpaired) electrons. The van der Waals surface area contributed by atoms with Gasteiger partial charge in [-0.25, -0.2) is 0 Å². The minimum Gasteiger partial charge on any atom is -0.392 e. The van der Waals surface area contributed by atoms with Crippen LogP contribution in [0.3, 0.4) is 0 Å². The van der Waals surface area contributed by atoms with Crippen molar-refractivity contribution in [2.45, 2.75) is 26.8 Å². The first-order valence-electron chi connectivity index (χ1n) is 6.23. The van der Waals surface area contributed by atoms with Gasteiger partial charge < -0.3 is 5.73 Å². The molecule has 0 bridgehead atoms. The summed E-state index contributed by atoms with van der Waals surface area (Å²) in [5, 5.41) is 3.10. The molecule has 0 atom stereocenters. The summed E-state index contributed by atoms with van der Waals surface area (Å²) >= 11 is 0. The first kappa shape index (κ1) is 12.5. The first-order chi connectivity index (χ1) is 8.59. The van der Waals surface area contributed by atoms with Crippen LogP contribution >= 0.6 is 0 Å². The van der Waals surface area contributed by atoms with Gasteiger partial charge in [-0.2, -0.15) is 0 Å². The highest BCUT2D eigenvalue weighted by molar-refractivity contribution is 5.71. The minimum atomic E-state index is -0.130. The summed E-state index contributed by atoms with van der Waals surface area (Å²) in [5.41, 5.74) is 7.70. The Kier molecular flexibility index (Phi) is 3.55. The molecule has 1 aromatic heterocycles. The first-order valence-corrected chi connectivity index (χ1v) is 6.23. The van der Waals surface area contributed by atoms with Gasteiger partial charge in [-0.3, -0.25) is 14.6 Å². The van der Waals surface area contributed by atoms with E-state index >= 15 is 0 Å². The Hall–Kier alpha value is -1.97. The number of benzene rings is 1. The van der Waals surface area contributed by atoms with Crippen molar-refractivity contribution < 1.29 is 0 Å². The zero-order valence-corrected chi connectivity index (χ0v) is 10.8. The van der Waals surface area contributed by atoms with Crippen molar-refractivity contribution >= 4 is 5.69 Å². The summed E-state index contributed by atoms with van der Waals surface area (Å²) in [6.45, 7) is 4.94. The Bertz CT molecular complexity index is 566. The molecule has 96 valence electrons. The smallest absolute Gasteiger partial charge is 0.290 e. The molecule has 4 heteroatoms. The summed E-state index contributed by atoms with van der Waals surface area (Å²) in [5.74, 6) is 0.557. The van der Waals surface area contributed by atoms with Crippen LogP contribution < -0.4 is 11.3 Å². The lowest BCUT2D eigenvalue weighted by molar-refractivity contribution is 0.480. The van der Waals surface area contributed by atoms with Gasteiger partial charge >= 0.3 is 0 Å². The number of anilines is 1. The van der Waals surface area contributed by atoms with Crippen molar-refractivity contribution in [1.29, 1.82) is 0 Å². The van der Waals surface area contributed by atoms with E-state index in [2.05, 4.69) is 18.9 Å². The van der Waals surface area contributed by atoms with E-state index in [0.717, 1.165) is 12.0 Å². The van der Waals surface area contributed by atoms with E-state index in [-0.39, 0.29) is 5.56 Å². The number of aryl methyl sites for hydroxylation is 1. The number of nitrogen functional groups attached to an aromatic ring is 1. The molecule has 2 aromatic rings. The molecule has 0 saturated carbocycles. The van der Waals surface area contributed by atoms with E-state index in [0.29, 0.717) is 23.8 Å². The minimum absolute atomic E-state index is 0.130. The van der Waals surface area contributed by atoms with Crippen LogP contribution in [0.4, 0.5) is 5.69 Å². The summed E-state index contributed by atoms with van der Waals surface area (Å²) in [4.78, 5) is 12.0. The summed E-state index contributed by atoms with van der Waals surface area (Å²) < 4.78 is 1.59. The maximum absolute atomic E-state index is 12.0. The second-order valence-electron chi connectivity index (χ2n) is 4.91. The van der Waals surface area contributed by atoms with Crippen LogP contribution in [0, 0.1) is 5.92 Å². The largest absolute Gasteiger partial charge is 0.392 e. The Balaban J connectivity index is 2.34. The topological polar surface area (TPSA) is 63.8 Å². The third-order valence-electron chi connectivity index (χ3n) is 2.98. The van der Waals surface area contributed by atoms with E-state index in [1.807, 2.05) is 30.3 Å². The lowest BCUT2D eigenvalue weighted by atomic mass is 10.1. The zero-order chi connectivity index (χ0) is 13.1. The Morgan fingerprint density at radius 1 is 1.28 bits per heavy atom. The van der Waals surface area contributed by atoms with Gasteiger partial charge in [-0.1, -0.05) is 44.2 Å². The van der Waals surface area contributed by atoms with Gasteiger partial charge in [-0.05, 0) is 12.3 Å². The highest BCUT2D eigenvalue weighted by Crippen LogP contribution is 2.20. The average Bonchev–Trinajstić information content (AvgIpc) is 2.65. The monoisotopic (exact) mass is 245 g/mol. The van der Waals surface area contributed by atoms with Crippen LogP contribution in [0.5, 0.6) is 0 Å². The molecule has 3 N–H and O–H groups in total. The third kappa shape index (κ3) is 2.47. The molecule has 4 nitrogen and oxygen atoms in total. The predicted molar refractivity (Wildman–Crippen MR) is 74.4 cm³/mol. The van der Waals surface area contributed by atoms with Crippen LogP contribution in [0.25, 0.3) is 11.3 Å². The van der Waals surface area contributed by atoms with Crippen molar-refractivity contribution in [3.8, 4) is 11.3 Å². The molecule has 0 fully saturated rings. The summed E-state index contributed by atoms with van der Waals surface area (Å²) in [7, 11) is 0. The SMILES string of the molecule is CC(C)CCn1[nH]c(-c2ccccc2)c(N)c1=O. The number of nitrogens with one attached hydrogen (secondary N) is 1. The lowest BCUT2D eigenvalue weighted by Gasteiger charge is -2.04. The van der Waals surface area contributed by atoms with E-state index in [1.165, 1.54) is 0 Å². The van der Waals surface area contributed by atoms with E-state index in [1.54, 1.807) is 4.68 Å². The number of H-pyrrole nitrogens is 1. The van der Waals surface area contributed by atoms with Gasteiger partial charge in [0.1, 0.15) is 5.69 Å². The van der Waals surface area contributed by atoms with Crippen LogP contribution in [0.15, 0.2) is 35.1 Å². The number of nitrogens with zero attached hydrogens (tertiary/aromatic N) is 1. The molecule has 0 amide bonds. The maximum Gasteiger partial charge on any atom is 0.290 e. The molecule has 0 aliphatic carbocycles. The van der Waals surface area contributed by atoms with Crippen LogP contribution in [-0.2, 0) is 6.54 Å². The van der Waals surface area contributed by atoms with Gasteiger partial charge in [0.2, 0.25) is 0 Å². The number of aromatic amines is 1. The van der Waals surface area contributed by atoms with E-state index < -0.39 is 0 Å². The van der Waals surface area contributed by atoms with Crippen molar-refractivity contribution in [2.75, 3.05) is 5.73 Å². The number of hydrogen-bond acceptors (Lipinski definition) is 2. The Labute approximate surface area is 106 Å². The fourth-order valence-corrected chi connectivity index (χ4v) is 1.87. The highest BCUT2D eigenvalue weighted by atomic mass is 16.1. The normalized spacial score (nSPS) is 11.1. The summed E-state index contributed by atoms with van der Waals surface area (Å²) in [6.07, 6.45) is 0.952. The molecule has 0 aliphatic heterocycles. The second-order valence-corrected chi connectivity index (χ2v) is 4.91. The van der Waals surface area contributed by atoms with Crippen molar-refractivity contribution in [2.24, 2.45) is 5.92 Å². The Morgan fingerprint density at radius 3 is 2.56 bits per heavy atom. The van der Waals surface area contributed by atoms with Gasteiger partial charge in [0.25, 0.3) is 5.56 Å². The molecule has 0 unspecified atom stereocenters. The molecule has 0 saturated heterocycles. The van der Waals surface area contributed by atoms with Crippen molar-refractivity contribution in [3.05, 3.63) is 40.7 Å². The van der Waals surface area contributed by atoms with Gasteiger partial charge in [0.05, 0.1) is 5.69 Å². The van der Waals surface area contributed by atoms with Crippen LogP contribution in [-0.4, -0.2) is 9.78 Å². The molecule has 2 rings (SSSR count). The standard InChI is InChI=1S/C14H19N3O/c1-10(2)8-9-17-14(18)12(15)13(16-17)11-6-4-3-5-7-11/h3-7,10,16H,8-9,15H2,1-2H3. The van der Waals surface area contributed by atoms with E-state index in [9.17, 15) is 4.79 Å². The molecule has 18 heavy (non-hydrogen) atoms. The van der Waals surface area contributed by atoms with E-state index in [4.69, 9.17) is 5.73 Å². The Morgan fingerprint density at radius 2 is 1.94 bits per heavy atom. The molecular formula is C14H19N3O. The maximum atomic E-state index is 12.0. The molecule has 0 aliphatic rings. The van der Waals surface area contributed by atoms with Crippen molar-refractivity contribution in [3.63, 3.8) is 0 Å². The number of rotatable bonds is 4. The highest BCUT2D eigenvalue weighted by Gasteiger charge is 2.12. The van der Waals surface area contributed by atoms with Crippen LogP contribution in [0.2, 0.25) is 0 Å². The van der Waals surface area contributed by atoms with Gasteiger partial charge in [0.15, 0.2) is 0 Å². The zero-order valence-electron chi connectivity index (χ0n) is 10.8. The van der Waals surface area contributed by atoms with Gasteiger partial charge in [0, 0.05) is 12.1 Å². The second kappa shape index (κ2) is 5.12. The molecular weight excluding hydrogens is 226 g/mol. The fraction of sp³-hybridized carbons (Fsp3) is 0.357. The fourth-order valence-electron chi connectivity index (χ4n) is 1.87. The summed E-state index contributed by atoms with van der Waals surface area (Å²) in [6, 6.07) is 9.67. The predicted octanol–water partition coefficient (Wildman–Crippen LogP) is 2.47. The average molecular weight is 245 g/mol. The van der Waals surface area contributed by atoms with Crippen molar-refractivity contribution in [1.82, 2.24) is 9.78 Å². The number of hydrogen-bond donors (Lipinski definition) is 2. The lowest BCUT2D eigenvalue weighted by Crippen LogP contribution is -2.19. The van der Waals surface area contributed by atoms with Gasteiger partial charge in [-0.15, -0.1) is 0 Å². The third-order valence-corrected chi connectivity index (χ3v) is 2.98. The molecule has 0 spiro atoms. The van der Waals surface area contributed by atoms with Crippen LogP contribution in [0.1, 0.15) is 20.3 Å². The quantitative estimate of drug-likeness (QED) is 0.869.